The zero-order valence-corrected chi connectivity index (χ0v) is 16.3. The first-order valence-corrected chi connectivity index (χ1v) is 9.44. The summed E-state index contributed by atoms with van der Waals surface area (Å²) in [7, 11) is 0. The van der Waals surface area contributed by atoms with E-state index >= 15 is 0 Å². The van der Waals surface area contributed by atoms with Gasteiger partial charge < -0.3 is 5.32 Å². The van der Waals surface area contributed by atoms with E-state index in [2.05, 4.69) is 40.3 Å². The van der Waals surface area contributed by atoms with Crippen molar-refractivity contribution in [2.24, 2.45) is 0 Å². The van der Waals surface area contributed by atoms with E-state index in [1.165, 1.54) is 0 Å². The first-order valence-electron chi connectivity index (χ1n) is 8.64. The average Bonchev–Trinajstić information content (AvgIpc) is 2.69. The number of aryl methyl sites for hydroxylation is 1. The van der Waals surface area contributed by atoms with Crippen molar-refractivity contribution in [3.63, 3.8) is 0 Å². The number of fused-ring (bicyclic) bond motifs is 1. The van der Waals surface area contributed by atoms with Gasteiger partial charge in [0.05, 0.1) is 16.9 Å². The van der Waals surface area contributed by atoms with Gasteiger partial charge >= 0.3 is 0 Å². The third-order valence-electron chi connectivity index (χ3n) is 4.48. The SMILES string of the molecule is Cc1cc(-c2ccccc2NC(=O)c2ccc(Br)cc2)nc2ccccc12. The zero-order valence-electron chi connectivity index (χ0n) is 14.7. The minimum absolute atomic E-state index is 0.146. The van der Waals surface area contributed by atoms with E-state index in [4.69, 9.17) is 4.98 Å². The Balaban J connectivity index is 1.73. The van der Waals surface area contributed by atoms with Crippen molar-refractivity contribution in [3.8, 4) is 11.3 Å². The minimum Gasteiger partial charge on any atom is -0.321 e. The predicted molar refractivity (Wildman–Crippen MR) is 114 cm³/mol. The van der Waals surface area contributed by atoms with Gasteiger partial charge in [0, 0.05) is 21.0 Å². The molecule has 0 saturated carbocycles. The summed E-state index contributed by atoms with van der Waals surface area (Å²) in [5.74, 6) is -0.146. The van der Waals surface area contributed by atoms with Crippen LogP contribution in [0.3, 0.4) is 0 Å². The maximum Gasteiger partial charge on any atom is 0.255 e. The van der Waals surface area contributed by atoms with Gasteiger partial charge in [-0.3, -0.25) is 4.79 Å². The molecular formula is C23H17BrN2O. The molecule has 0 bridgehead atoms. The van der Waals surface area contributed by atoms with Crippen molar-refractivity contribution in [2.75, 3.05) is 5.32 Å². The first-order chi connectivity index (χ1) is 13.1. The van der Waals surface area contributed by atoms with Gasteiger partial charge in [-0.25, -0.2) is 4.98 Å². The van der Waals surface area contributed by atoms with E-state index in [0.29, 0.717) is 5.56 Å². The Morgan fingerprint density at radius 3 is 2.44 bits per heavy atom. The van der Waals surface area contributed by atoms with Gasteiger partial charge in [-0.05, 0) is 55.0 Å². The second kappa shape index (κ2) is 7.33. The Morgan fingerprint density at radius 2 is 1.63 bits per heavy atom. The van der Waals surface area contributed by atoms with E-state index in [-0.39, 0.29) is 5.91 Å². The first kappa shape index (κ1) is 17.4. The highest BCUT2D eigenvalue weighted by Crippen LogP contribution is 2.30. The number of halogens is 1. The maximum atomic E-state index is 12.6. The number of nitrogens with one attached hydrogen (secondary N) is 1. The lowest BCUT2D eigenvalue weighted by Crippen LogP contribution is -2.12. The van der Waals surface area contributed by atoms with Crippen molar-refractivity contribution >= 4 is 38.4 Å². The normalized spacial score (nSPS) is 10.7. The smallest absolute Gasteiger partial charge is 0.255 e. The van der Waals surface area contributed by atoms with Crippen LogP contribution in [0.5, 0.6) is 0 Å². The van der Waals surface area contributed by atoms with Crippen LogP contribution >= 0.6 is 15.9 Å². The highest BCUT2D eigenvalue weighted by molar-refractivity contribution is 9.10. The van der Waals surface area contributed by atoms with E-state index in [1.807, 2.05) is 54.6 Å². The summed E-state index contributed by atoms with van der Waals surface area (Å²) in [4.78, 5) is 17.4. The molecule has 27 heavy (non-hydrogen) atoms. The minimum atomic E-state index is -0.146. The monoisotopic (exact) mass is 416 g/mol. The van der Waals surface area contributed by atoms with Crippen molar-refractivity contribution in [3.05, 3.63) is 94.5 Å². The third-order valence-corrected chi connectivity index (χ3v) is 5.01. The summed E-state index contributed by atoms with van der Waals surface area (Å²) in [5, 5.41) is 4.15. The fourth-order valence-corrected chi connectivity index (χ4v) is 3.36. The van der Waals surface area contributed by atoms with Crippen LogP contribution < -0.4 is 5.32 Å². The molecule has 3 nitrogen and oxygen atoms in total. The van der Waals surface area contributed by atoms with Gasteiger partial charge in [0.1, 0.15) is 0 Å². The number of rotatable bonds is 3. The number of benzene rings is 3. The average molecular weight is 417 g/mol. The Kier molecular flexibility index (Phi) is 4.73. The Bertz CT molecular complexity index is 1140. The van der Waals surface area contributed by atoms with Gasteiger partial charge in [0.2, 0.25) is 0 Å². The Labute approximate surface area is 166 Å². The second-order valence-corrected chi connectivity index (χ2v) is 7.26. The largest absolute Gasteiger partial charge is 0.321 e. The molecule has 132 valence electrons. The molecule has 1 N–H and O–H groups in total. The molecular weight excluding hydrogens is 400 g/mol. The quantitative estimate of drug-likeness (QED) is 0.430. The molecule has 0 atom stereocenters. The standard InChI is InChI=1S/C23H17BrN2O/c1-15-14-22(25-20-8-4-2-6-18(15)20)19-7-3-5-9-21(19)26-23(27)16-10-12-17(24)13-11-16/h2-14H,1H3,(H,26,27). The summed E-state index contributed by atoms with van der Waals surface area (Å²) >= 11 is 3.39. The second-order valence-electron chi connectivity index (χ2n) is 6.35. The number of carbonyl (C=O) groups excluding carboxylic acids is 1. The Morgan fingerprint density at radius 1 is 0.926 bits per heavy atom. The highest BCUT2D eigenvalue weighted by Gasteiger charge is 2.12. The molecule has 0 aliphatic carbocycles. The summed E-state index contributed by atoms with van der Waals surface area (Å²) in [6, 6.07) is 25.2. The molecule has 0 radical (unpaired) electrons. The number of anilines is 1. The molecule has 1 amide bonds. The topological polar surface area (TPSA) is 42.0 Å². The van der Waals surface area contributed by atoms with Crippen LogP contribution in [0.15, 0.2) is 83.3 Å². The zero-order chi connectivity index (χ0) is 18.8. The summed E-state index contributed by atoms with van der Waals surface area (Å²) in [6.45, 7) is 2.08. The summed E-state index contributed by atoms with van der Waals surface area (Å²) < 4.78 is 0.940. The predicted octanol–water partition coefficient (Wildman–Crippen LogP) is 6.23. The number of pyridine rings is 1. The van der Waals surface area contributed by atoms with E-state index < -0.39 is 0 Å². The van der Waals surface area contributed by atoms with E-state index in [9.17, 15) is 4.79 Å². The van der Waals surface area contributed by atoms with Crippen molar-refractivity contribution in [1.82, 2.24) is 4.98 Å². The van der Waals surface area contributed by atoms with Crippen molar-refractivity contribution in [2.45, 2.75) is 6.92 Å². The molecule has 0 spiro atoms. The number of hydrogen-bond donors (Lipinski definition) is 1. The van der Waals surface area contributed by atoms with Crippen LogP contribution in [0.4, 0.5) is 5.69 Å². The van der Waals surface area contributed by atoms with Crippen molar-refractivity contribution < 1.29 is 4.79 Å². The van der Waals surface area contributed by atoms with Crippen LogP contribution in [-0.2, 0) is 0 Å². The molecule has 4 heteroatoms. The summed E-state index contributed by atoms with van der Waals surface area (Å²) in [5.41, 5.74) is 5.20. The lowest BCUT2D eigenvalue weighted by Gasteiger charge is -2.12. The summed E-state index contributed by atoms with van der Waals surface area (Å²) in [6.07, 6.45) is 0. The molecule has 0 aliphatic rings. The molecule has 0 unspecified atom stereocenters. The molecule has 3 aromatic carbocycles. The third kappa shape index (κ3) is 3.62. The fraction of sp³-hybridized carbons (Fsp3) is 0.0435. The number of carbonyl (C=O) groups is 1. The molecule has 4 rings (SSSR count). The number of aromatic nitrogens is 1. The molecule has 1 heterocycles. The van der Waals surface area contributed by atoms with Gasteiger partial charge in [-0.2, -0.15) is 0 Å². The van der Waals surface area contributed by atoms with E-state index in [1.54, 1.807) is 12.1 Å². The number of hydrogen-bond acceptors (Lipinski definition) is 2. The van der Waals surface area contributed by atoms with Crippen LogP contribution in [0.2, 0.25) is 0 Å². The van der Waals surface area contributed by atoms with Crippen LogP contribution in [0, 0.1) is 6.92 Å². The lowest BCUT2D eigenvalue weighted by molar-refractivity contribution is 0.102. The van der Waals surface area contributed by atoms with Crippen LogP contribution in [-0.4, -0.2) is 10.9 Å². The van der Waals surface area contributed by atoms with Gasteiger partial charge in [-0.1, -0.05) is 52.3 Å². The van der Waals surface area contributed by atoms with Crippen molar-refractivity contribution in [1.29, 1.82) is 0 Å². The Hall–Kier alpha value is -2.98. The lowest BCUT2D eigenvalue weighted by atomic mass is 10.0. The number of para-hydroxylation sites is 2. The van der Waals surface area contributed by atoms with Gasteiger partial charge in [-0.15, -0.1) is 0 Å². The highest BCUT2D eigenvalue weighted by atomic mass is 79.9. The van der Waals surface area contributed by atoms with Gasteiger partial charge in [0.25, 0.3) is 5.91 Å². The van der Waals surface area contributed by atoms with Gasteiger partial charge in [0.15, 0.2) is 0 Å². The molecule has 0 fully saturated rings. The fourth-order valence-electron chi connectivity index (χ4n) is 3.10. The molecule has 0 saturated heterocycles. The number of amides is 1. The molecule has 0 aliphatic heterocycles. The van der Waals surface area contributed by atoms with Crippen LogP contribution in [0.1, 0.15) is 15.9 Å². The van der Waals surface area contributed by atoms with Crippen LogP contribution in [0.25, 0.3) is 22.2 Å². The molecule has 1 aromatic heterocycles. The van der Waals surface area contributed by atoms with E-state index in [0.717, 1.165) is 37.9 Å². The maximum absolute atomic E-state index is 12.6. The number of nitrogens with zero attached hydrogens (tertiary/aromatic N) is 1. The molecule has 4 aromatic rings.